The van der Waals surface area contributed by atoms with E-state index in [4.69, 9.17) is 5.11 Å². The maximum absolute atomic E-state index is 13.1. The van der Waals surface area contributed by atoms with Crippen molar-refractivity contribution in [1.29, 1.82) is 0 Å². The van der Waals surface area contributed by atoms with Crippen LogP contribution in [0.3, 0.4) is 0 Å². The summed E-state index contributed by atoms with van der Waals surface area (Å²) in [7, 11) is 0. The van der Waals surface area contributed by atoms with Crippen LogP contribution in [0.15, 0.2) is 30.5 Å². The van der Waals surface area contributed by atoms with Crippen molar-refractivity contribution in [1.82, 2.24) is 9.78 Å². The first-order valence-corrected chi connectivity index (χ1v) is 5.08. The van der Waals surface area contributed by atoms with Crippen molar-refractivity contribution in [2.24, 2.45) is 0 Å². The third-order valence-corrected chi connectivity index (χ3v) is 2.57. The highest BCUT2D eigenvalue weighted by Crippen LogP contribution is 2.12. The zero-order valence-corrected chi connectivity index (χ0v) is 9.22. The minimum absolute atomic E-state index is 0.0914. The van der Waals surface area contributed by atoms with E-state index in [2.05, 4.69) is 5.10 Å². The van der Waals surface area contributed by atoms with Gasteiger partial charge in [0.25, 0.3) is 0 Å². The molecule has 0 saturated carbocycles. The van der Waals surface area contributed by atoms with Crippen LogP contribution in [0.1, 0.15) is 21.6 Å². The minimum Gasteiger partial charge on any atom is -0.477 e. The SMILES string of the molecule is Cc1ccc(F)cc1Cn1nccc1C(=O)O. The van der Waals surface area contributed by atoms with Crippen LogP contribution in [0, 0.1) is 12.7 Å². The Labute approximate surface area is 97.3 Å². The van der Waals surface area contributed by atoms with Crippen molar-refractivity contribution < 1.29 is 14.3 Å². The van der Waals surface area contributed by atoms with Gasteiger partial charge in [-0.1, -0.05) is 6.07 Å². The largest absolute Gasteiger partial charge is 0.477 e. The number of hydrogen-bond donors (Lipinski definition) is 1. The molecular weight excluding hydrogens is 223 g/mol. The van der Waals surface area contributed by atoms with E-state index in [1.54, 1.807) is 6.07 Å². The maximum atomic E-state index is 13.1. The van der Waals surface area contributed by atoms with Crippen molar-refractivity contribution in [3.8, 4) is 0 Å². The number of aromatic carboxylic acids is 1. The molecule has 2 aromatic rings. The molecule has 0 aliphatic rings. The average molecular weight is 234 g/mol. The fraction of sp³-hybridized carbons (Fsp3) is 0.167. The van der Waals surface area contributed by atoms with Crippen molar-refractivity contribution >= 4 is 5.97 Å². The first kappa shape index (κ1) is 11.3. The molecule has 5 heteroatoms. The lowest BCUT2D eigenvalue weighted by Gasteiger charge is -2.07. The molecule has 1 aromatic carbocycles. The van der Waals surface area contributed by atoms with E-state index in [9.17, 15) is 9.18 Å². The van der Waals surface area contributed by atoms with Crippen LogP contribution in [-0.4, -0.2) is 20.9 Å². The van der Waals surface area contributed by atoms with Crippen molar-refractivity contribution in [2.75, 3.05) is 0 Å². The lowest BCUT2D eigenvalue weighted by molar-refractivity contribution is 0.0684. The number of halogens is 1. The molecule has 0 aliphatic heterocycles. The zero-order valence-electron chi connectivity index (χ0n) is 9.22. The summed E-state index contributed by atoms with van der Waals surface area (Å²) in [4.78, 5) is 10.9. The second kappa shape index (κ2) is 4.37. The Bertz CT molecular complexity index is 563. The summed E-state index contributed by atoms with van der Waals surface area (Å²) >= 11 is 0. The van der Waals surface area contributed by atoms with Gasteiger partial charge < -0.3 is 5.11 Å². The van der Waals surface area contributed by atoms with Crippen molar-refractivity contribution in [3.05, 3.63) is 53.1 Å². The molecule has 4 nitrogen and oxygen atoms in total. The van der Waals surface area contributed by atoms with Gasteiger partial charge in [0, 0.05) is 6.20 Å². The van der Waals surface area contributed by atoms with Gasteiger partial charge in [0.15, 0.2) is 0 Å². The normalized spacial score (nSPS) is 10.5. The Morgan fingerprint density at radius 2 is 2.24 bits per heavy atom. The molecule has 0 saturated heterocycles. The molecule has 17 heavy (non-hydrogen) atoms. The second-order valence-electron chi connectivity index (χ2n) is 3.75. The molecule has 0 bridgehead atoms. The van der Waals surface area contributed by atoms with E-state index in [1.165, 1.54) is 29.1 Å². The first-order chi connectivity index (χ1) is 8.08. The van der Waals surface area contributed by atoms with Crippen LogP contribution >= 0.6 is 0 Å². The highest BCUT2D eigenvalue weighted by Gasteiger charge is 2.11. The van der Waals surface area contributed by atoms with Crippen LogP contribution in [-0.2, 0) is 6.54 Å². The van der Waals surface area contributed by atoms with Crippen LogP contribution in [0.2, 0.25) is 0 Å². The standard InChI is InChI=1S/C12H11FN2O2/c1-8-2-3-10(13)6-9(8)7-15-11(12(16)17)4-5-14-15/h2-6H,7H2,1H3,(H,16,17). The van der Waals surface area contributed by atoms with Crippen LogP contribution < -0.4 is 0 Å². The average Bonchev–Trinajstić information content (AvgIpc) is 2.71. The van der Waals surface area contributed by atoms with Gasteiger partial charge in [-0.15, -0.1) is 0 Å². The van der Waals surface area contributed by atoms with Crippen LogP contribution in [0.4, 0.5) is 4.39 Å². The van der Waals surface area contributed by atoms with Gasteiger partial charge >= 0.3 is 5.97 Å². The molecule has 0 atom stereocenters. The second-order valence-corrected chi connectivity index (χ2v) is 3.75. The summed E-state index contributed by atoms with van der Waals surface area (Å²) in [6.07, 6.45) is 1.41. The third-order valence-electron chi connectivity index (χ3n) is 2.57. The van der Waals surface area contributed by atoms with Gasteiger partial charge in [0.05, 0.1) is 6.54 Å². The maximum Gasteiger partial charge on any atom is 0.354 e. The highest BCUT2D eigenvalue weighted by atomic mass is 19.1. The van der Waals surface area contributed by atoms with E-state index < -0.39 is 5.97 Å². The monoisotopic (exact) mass is 234 g/mol. The predicted octanol–water partition coefficient (Wildman–Crippen LogP) is 2.08. The molecule has 2 rings (SSSR count). The number of carbonyl (C=O) groups is 1. The van der Waals surface area contributed by atoms with Gasteiger partial charge in [-0.25, -0.2) is 9.18 Å². The summed E-state index contributed by atoms with van der Waals surface area (Å²) in [5.41, 5.74) is 1.71. The summed E-state index contributed by atoms with van der Waals surface area (Å²) in [5.74, 6) is -1.38. The summed E-state index contributed by atoms with van der Waals surface area (Å²) < 4.78 is 14.4. The lowest BCUT2D eigenvalue weighted by atomic mass is 10.1. The fourth-order valence-corrected chi connectivity index (χ4v) is 1.61. The number of hydrogen-bond acceptors (Lipinski definition) is 2. The number of carboxylic acids is 1. The van der Waals surface area contributed by atoms with E-state index in [-0.39, 0.29) is 18.1 Å². The number of benzene rings is 1. The van der Waals surface area contributed by atoms with Gasteiger partial charge in [0.1, 0.15) is 11.5 Å². The molecule has 0 spiro atoms. The Hall–Kier alpha value is -2.17. The van der Waals surface area contributed by atoms with Crippen LogP contribution in [0.5, 0.6) is 0 Å². The molecule has 1 N–H and O–H groups in total. The van der Waals surface area contributed by atoms with Crippen molar-refractivity contribution in [2.45, 2.75) is 13.5 Å². The van der Waals surface area contributed by atoms with Crippen LogP contribution in [0.25, 0.3) is 0 Å². The number of carboxylic acid groups (broad SMARTS) is 1. The Balaban J connectivity index is 2.34. The first-order valence-electron chi connectivity index (χ1n) is 5.08. The molecule has 0 unspecified atom stereocenters. The molecule has 1 aromatic heterocycles. The number of nitrogens with zero attached hydrogens (tertiary/aromatic N) is 2. The molecule has 0 radical (unpaired) electrons. The minimum atomic E-state index is -1.04. The summed E-state index contributed by atoms with van der Waals surface area (Å²) in [6, 6.07) is 5.84. The molecular formula is C12H11FN2O2. The van der Waals surface area contributed by atoms with E-state index in [0.29, 0.717) is 0 Å². The van der Waals surface area contributed by atoms with Gasteiger partial charge in [-0.2, -0.15) is 5.10 Å². The molecule has 0 amide bonds. The third kappa shape index (κ3) is 2.33. The van der Waals surface area contributed by atoms with Gasteiger partial charge in [-0.3, -0.25) is 4.68 Å². The highest BCUT2D eigenvalue weighted by molar-refractivity contribution is 5.85. The van der Waals surface area contributed by atoms with Gasteiger partial charge in [-0.05, 0) is 36.2 Å². The lowest BCUT2D eigenvalue weighted by Crippen LogP contribution is -2.11. The van der Waals surface area contributed by atoms with Crippen molar-refractivity contribution in [3.63, 3.8) is 0 Å². The number of aromatic nitrogens is 2. The molecule has 0 fully saturated rings. The quantitative estimate of drug-likeness (QED) is 0.884. The Morgan fingerprint density at radius 3 is 2.94 bits per heavy atom. The Kier molecular flexibility index (Phi) is 2.91. The number of rotatable bonds is 3. The predicted molar refractivity (Wildman–Crippen MR) is 59.4 cm³/mol. The topological polar surface area (TPSA) is 55.1 Å². The smallest absolute Gasteiger partial charge is 0.354 e. The fourth-order valence-electron chi connectivity index (χ4n) is 1.61. The van der Waals surface area contributed by atoms with E-state index >= 15 is 0 Å². The van der Waals surface area contributed by atoms with Gasteiger partial charge in [0.2, 0.25) is 0 Å². The molecule has 88 valence electrons. The molecule has 1 heterocycles. The molecule has 0 aliphatic carbocycles. The van der Waals surface area contributed by atoms with E-state index in [0.717, 1.165) is 11.1 Å². The summed E-state index contributed by atoms with van der Waals surface area (Å²) in [5, 5.41) is 12.8. The number of aryl methyl sites for hydroxylation is 1. The Morgan fingerprint density at radius 1 is 1.47 bits per heavy atom. The van der Waals surface area contributed by atoms with E-state index in [1.807, 2.05) is 6.92 Å². The summed E-state index contributed by atoms with van der Waals surface area (Å²) in [6.45, 7) is 2.09. The zero-order chi connectivity index (χ0) is 12.4.